The molecule has 0 atom stereocenters. The number of rotatable bonds is 14. The van der Waals surface area contributed by atoms with E-state index in [1.807, 2.05) is 0 Å². The maximum atomic E-state index is 7.56. The van der Waals surface area contributed by atoms with Gasteiger partial charge in [0, 0.05) is 0 Å². The fourth-order valence-corrected chi connectivity index (χ4v) is 2.27. The molecular weight excluding hydrogens is 528 g/mol. The second-order valence-electron chi connectivity index (χ2n) is 6.98. The normalized spacial score (nSPS) is 10.4. The van der Waals surface area contributed by atoms with Crippen molar-refractivity contribution in [1.82, 2.24) is 0 Å². The van der Waals surface area contributed by atoms with E-state index in [2.05, 4.69) is 51.3 Å². The van der Waals surface area contributed by atoms with E-state index in [1.54, 1.807) is 0 Å². The van der Waals surface area contributed by atoms with E-state index >= 15 is 0 Å². The zero-order valence-electron chi connectivity index (χ0n) is 19.8. The van der Waals surface area contributed by atoms with Crippen molar-refractivity contribution in [3.05, 3.63) is 13.8 Å². The van der Waals surface area contributed by atoms with Crippen LogP contribution >= 0.6 is 13.4 Å². The molecule has 0 fully saturated rings. The molecule has 0 unspecified atom stereocenters. The van der Waals surface area contributed by atoms with Gasteiger partial charge in [0.15, 0.2) is 0 Å². The van der Waals surface area contributed by atoms with Gasteiger partial charge in [-0.1, -0.05) is 104 Å². The van der Waals surface area contributed by atoms with Crippen molar-refractivity contribution in [2.75, 3.05) is 0 Å². The van der Waals surface area contributed by atoms with Crippen LogP contribution in [0.5, 0.6) is 0 Å². The smallest absolute Gasteiger partial charge is 0.343 e. The first-order valence-corrected chi connectivity index (χ1v) is 16.3. The summed E-state index contributed by atoms with van der Waals surface area (Å²) in [5, 5.41) is 0. The monoisotopic (exact) mass is 574 g/mol. The predicted molar refractivity (Wildman–Crippen MR) is 138 cm³/mol. The first kappa shape index (κ1) is 42.8. The first-order valence-electron chi connectivity index (χ1n) is 11.0. The molecule has 0 rings (SSSR count). The molecule has 11 heteroatoms. The Hall–Kier alpha value is 1.68. The SMILES string of the molecule is OP(O)(O)=S.OP(O)(O)=S.[CH2-]CCCCCCCCC.[CH2-]CCCCCCCCC.[Zn+2]. The molecule has 0 aliphatic carbocycles. The number of hydrogen-bond donors (Lipinski definition) is 6. The van der Waals surface area contributed by atoms with Crippen LogP contribution in [0.15, 0.2) is 0 Å². The van der Waals surface area contributed by atoms with E-state index in [0.717, 1.165) is 12.8 Å². The van der Waals surface area contributed by atoms with Crippen LogP contribution in [0.4, 0.5) is 0 Å². The van der Waals surface area contributed by atoms with Crippen LogP contribution in [0.3, 0.4) is 0 Å². The van der Waals surface area contributed by atoms with Gasteiger partial charge >= 0.3 is 32.9 Å². The summed E-state index contributed by atoms with van der Waals surface area (Å²) in [6.07, 6.45) is 21.8. The van der Waals surface area contributed by atoms with E-state index in [0.29, 0.717) is 0 Å². The van der Waals surface area contributed by atoms with Gasteiger partial charge in [0.05, 0.1) is 0 Å². The van der Waals surface area contributed by atoms with Gasteiger partial charge in [0.2, 0.25) is 0 Å². The molecule has 0 spiro atoms. The van der Waals surface area contributed by atoms with Crippen molar-refractivity contribution in [3.8, 4) is 0 Å². The molecule has 6 N–H and O–H groups in total. The van der Waals surface area contributed by atoms with Gasteiger partial charge in [-0.25, -0.2) is 0 Å². The minimum atomic E-state index is -3.81. The summed E-state index contributed by atoms with van der Waals surface area (Å²) in [7, 11) is 0. The molecule has 188 valence electrons. The van der Waals surface area contributed by atoms with Crippen molar-refractivity contribution >= 4 is 37.1 Å². The summed E-state index contributed by atoms with van der Waals surface area (Å²) in [6.45, 7) is 4.55. The first-order chi connectivity index (χ1) is 13.8. The molecule has 31 heavy (non-hydrogen) atoms. The van der Waals surface area contributed by atoms with Crippen molar-refractivity contribution in [2.24, 2.45) is 0 Å². The zero-order valence-corrected chi connectivity index (χ0v) is 26.2. The molecule has 0 saturated carbocycles. The Morgan fingerprint density at radius 3 is 0.806 bits per heavy atom. The zero-order chi connectivity index (χ0) is 24.3. The van der Waals surface area contributed by atoms with Crippen LogP contribution < -0.4 is 0 Å². The van der Waals surface area contributed by atoms with Gasteiger partial charge in [-0.3, -0.25) is 0 Å². The van der Waals surface area contributed by atoms with Crippen molar-refractivity contribution in [2.45, 2.75) is 117 Å². The van der Waals surface area contributed by atoms with E-state index in [1.165, 1.54) is 89.9 Å². The molecule has 0 heterocycles. The van der Waals surface area contributed by atoms with Crippen LogP contribution in [0.1, 0.15) is 117 Å². The van der Waals surface area contributed by atoms with Gasteiger partial charge in [-0.2, -0.15) is 12.8 Å². The van der Waals surface area contributed by atoms with Gasteiger partial charge in [-0.05, 0) is 23.6 Å². The average molecular weight is 576 g/mol. The van der Waals surface area contributed by atoms with E-state index in [-0.39, 0.29) is 19.5 Å². The van der Waals surface area contributed by atoms with Gasteiger partial charge in [0.25, 0.3) is 0 Å². The number of hydrogen-bond acceptors (Lipinski definition) is 2. The fraction of sp³-hybridized carbons (Fsp3) is 0.900. The van der Waals surface area contributed by atoms with Gasteiger partial charge in [0.1, 0.15) is 0 Å². The fourth-order valence-electron chi connectivity index (χ4n) is 2.27. The summed E-state index contributed by atoms with van der Waals surface area (Å²) in [4.78, 5) is 45.3. The Kier molecular flexibility index (Phi) is 46.8. The Morgan fingerprint density at radius 1 is 0.484 bits per heavy atom. The van der Waals surface area contributed by atoms with Crippen LogP contribution in [-0.4, -0.2) is 29.4 Å². The Bertz CT molecular complexity index is 327. The summed E-state index contributed by atoms with van der Waals surface area (Å²) in [5.41, 5.74) is 0. The van der Waals surface area contributed by atoms with Crippen LogP contribution in [0.25, 0.3) is 0 Å². The van der Waals surface area contributed by atoms with Crippen LogP contribution in [0, 0.1) is 13.8 Å². The maximum absolute atomic E-state index is 7.56. The molecule has 0 aliphatic rings. The molecule has 0 amide bonds. The maximum Gasteiger partial charge on any atom is 2.00 e. The third-order valence-electron chi connectivity index (χ3n) is 3.71. The molecule has 0 bridgehead atoms. The van der Waals surface area contributed by atoms with Crippen LogP contribution in [-0.2, 0) is 43.1 Å². The molecule has 0 aromatic carbocycles. The standard InChI is InChI=1S/2C10H21.2H3O3PS.Zn/c2*1-3-5-7-9-10-8-6-4-2;2*1-4(2,3)5;/h2*1,3-10H2,2H3;2*(H3,1,2,3,5);/q2*-1;;;+2. The Labute approximate surface area is 215 Å². The molecule has 6 nitrogen and oxygen atoms in total. The summed E-state index contributed by atoms with van der Waals surface area (Å²) in [6, 6.07) is 0. The Balaban J connectivity index is -0.000000101. The van der Waals surface area contributed by atoms with Crippen molar-refractivity contribution < 1.29 is 48.8 Å². The largest absolute Gasteiger partial charge is 2.00 e. The number of unbranched alkanes of at least 4 members (excludes halogenated alkanes) is 14. The average Bonchev–Trinajstić information content (AvgIpc) is 2.59. The third kappa shape index (κ3) is 113. The van der Waals surface area contributed by atoms with Gasteiger partial charge in [-0.15, -0.1) is 0 Å². The molecule has 0 saturated heterocycles. The summed E-state index contributed by atoms with van der Waals surface area (Å²) < 4.78 is 0. The minimum absolute atomic E-state index is 0. The van der Waals surface area contributed by atoms with E-state index < -0.39 is 13.4 Å². The molecule has 0 aromatic heterocycles. The van der Waals surface area contributed by atoms with Crippen molar-refractivity contribution in [1.29, 1.82) is 0 Å². The minimum Gasteiger partial charge on any atom is -0.343 e. The molecule has 0 radical (unpaired) electrons. The Morgan fingerprint density at radius 2 is 0.645 bits per heavy atom. The van der Waals surface area contributed by atoms with E-state index in [4.69, 9.17) is 29.4 Å². The quantitative estimate of drug-likeness (QED) is 0.0618. The second kappa shape index (κ2) is 33.9. The van der Waals surface area contributed by atoms with Gasteiger partial charge < -0.3 is 43.2 Å². The molecule has 0 aliphatic heterocycles. The summed E-state index contributed by atoms with van der Waals surface area (Å²) >= 11 is 7.21. The van der Waals surface area contributed by atoms with E-state index in [9.17, 15) is 0 Å². The van der Waals surface area contributed by atoms with Crippen molar-refractivity contribution in [3.63, 3.8) is 0 Å². The second-order valence-corrected chi connectivity index (χ2v) is 12.0. The third-order valence-corrected chi connectivity index (χ3v) is 3.71. The molecule has 0 aromatic rings. The topological polar surface area (TPSA) is 121 Å². The molecular formula is C20H48O6P2S2Zn. The predicted octanol–water partition coefficient (Wildman–Crippen LogP) is 6.30. The summed E-state index contributed by atoms with van der Waals surface area (Å²) in [5.74, 6) is 0. The van der Waals surface area contributed by atoms with Crippen LogP contribution in [0.2, 0.25) is 0 Å².